The summed E-state index contributed by atoms with van der Waals surface area (Å²) in [6, 6.07) is 7.33. The maximum Gasteiger partial charge on any atom is 0.299 e. The Balaban J connectivity index is 2.05. The summed E-state index contributed by atoms with van der Waals surface area (Å²) in [7, 11) is 0. The fourth-order valence-electron chi connectivity index (χ4n) is 2.04. The zero-order valence-corrected chi connectivity index (χ0v) is 13.5. The highest BCUT2D eigenvalue weighted by Gasteiger charge is 2.37. The van der Waals surface area contributed by atoms with Crippen LogP contribution in [0.3, 0.4) is 0 Å². The minimum atomic E-state index is -0.470. The molecule has 0 saturated carbocycles. The van der Waals surface area contributed by atoms with Crippen molar-refractivity contribution < 1.29 is 9.59 Å². The molecule has 96 valence electrons. The standard InChI is InChI=1S/C13H7Br2NO2S/c14-7-4-5-19-10(7)6-16-9-3-1-2-8(15)11(9)12(17)13(16)18/h1-5H,6H2. The first-order chi connectivity index (χ1) is 9.09. The van der Waals surface area contributed by atoms with E-state index >= 15 is 0 Å². The number of rotatable bonds is 2. The second kappa shape index (κ2) is 4.85. The number of carbonyl (C=O) groups is 2. The van der Waals surface area contributed by atoms with E-state index in [1.165, 1.54) is 4.90 Å². The summed E-state index contributed by atoms with van der Waals surface area (Å²) < 4.78 is 1.62. The van der Waals surface area contributed by atoms with Crippen LogP contribution < -0.4 is 4.90 Å². The Morgan fingerprint density at radius 1 is 1.11 bits per heavy atom. The average Bonchev–Trinajstić information content (AvgIpc) is 2.89. The second-order valence-corrected chi connectivity index (χ2v) is 6.76. The van der Waals surface area contributed by atoms with E-state index in [0.717, 1.165) is 9.35 Å². The quantitative estimate of drug-likeness (QED) is 0.714. The van der Waals surface area contributed by atoms with Crippen molar-refractivity contribution in [3.05, 3.63) is 49.0 Å². The fourth-order valence-corrected chi connectivity index (χ4v) is 4.04. The molecule has 1 aliphatic heterocycles. The minimum absolute atomic E-state index is 0.409. The van der Waals surface area contributed by atoms with Crippen molar-refractivity contribution in [3.63, 3.8) is 0 Å². The monoisotopic (exact) mass is 399 g/mol. The Morgan fingerprint density at radius 2 is 1.89 bits per heavy atom. The lowest BCUT2D eigenvalue weighted by molar-refractivity contribution is -0.114. The largest absolute Gasteiger partial charge is 0.299 e. The lowest BCUT2D eigenvalue weighted by Gasteiger charge is -2.15. The third-order valence-electron chi connectivity index (χ3n) is 2.94. The summed E-state index contributed by atoms with van der Waals surface area (Å²) in [5.41, 5.74) is 1.13. The Kier molecular flexibility index (Phi) is 3.32. The van der Waals surface area contributed by atoms with Gasteiger partial charge in [-0.3, -0.25) is 14.5 Å². The van der Waals surface area contributed by atoms with Gasteiger partial charge in [0, 0.05) is 13.8 Å². The molecular formula is C13H7Br2NO2S. The predicted molar refractivity (Wildman–Crippen MR) is 81.7 cm³/mol. The maximum absolute atomic E-state index is 12.1. The Labute approximate surface area is 130 Å². The summed E-state index contributed by atoms with van der Waals surface area (Å²) in [6.45, 7) is 0.409. The molecule has 19 heavy (non-hydrogen) atoms. The number of ketones is 1. The van der Waals surface area contributed by atoms with Gasteiger partial charge in [0.2, 0.25) is 0 Å². The molecule has 1 amide bonds. The molecule has 0 atom stereocenters. The number of Topliss-reactive ketones (excluding diaryl/α,β-unsaturated/α-hetero) is 1. The summed E-state index contributed by atoms with van der Waals surface area (Å²) in [5.74, 6) is -0.919. The summed E-state index contributed by atoms with van der Waals surface area (Å²) in [4.78, 5) is 26.7. The Hall–Kier alpha value is -0.980. The number of amides is 1. The van der Waals surface area contributed by atoms with E-state index in [2.05, 4.69) is 31.9 Å². The first kappa shape index (κ1) is 13.0. The van der Waals surface area contributed by atoms with Crippen molar-refractivity contribution in [2.75, 3.05) is 4.90 Å². The number of anilines is 1. The Morgan fingerprint density at radius 3 is 2.58 bits per heavy atom. The highest BCUT2D eigenvalue weighted by atomic mass is 79.9. The van der Waals surface area contributed by atoms with Crippen molar-refractivity contribution in [1.29, 1.82) is 0 Å². The topological polar surface area (TPSA) is 37.4 Å². The Bertz CT molecular complexity index is 696. The zero-order chi connectivity index (χ0) is 13.6. The minimum Gasteiger partial charge on any atom is -0.299 e. The van der Waals surface area contributed by atoms with Gasteiger partial charge in [0.15, 0.2) is 0 Å². The van der Waals surface area contributed by atoms with E-state index in [4.69, 9.17) is 0 Å². The molecule has 1 aromatic heterocycles. The van der Waals surface area contributed by atoms with Crippen LogP contribution in [0.2, 0.25) is 0 Å². The van der Waals surface area contributed by atoms with Gasteiger partial charge in [-0.2, -0.15) is 0 Å². The summed E-state index contributed by atoms with van der Waals surface area (Å²) >= 11 is 8.32. The van der Waals surface area contributed by atoms with Gasteiger partial charge >= 0.3 is 0 Å². The summed E-state index contributed by atoms with van der Waals surface area (Å²) in [5, 5.41) is 1.95. The molecule has 0 N–H and O–H groups in total. The van der Waals surface area contributed by atoms with Gasteiger partial charge in [-0.1, -0.05) is 6.07 Å². The number of halogens is 2. The van der Waals surface area contributed by atoms with Gasteiger partial charge in [0.25, 0.3) is 11.7 Å². The normalized spacial score (nSPS) is 14.1. The van der Waals surface area contributed by atoms with Crippen molar-refractivity contribution in [1.82, 2.24) is 0 Å². The third-order valence-corrected chi connectivity index (χ3v) is 5.51. The molecule has 2 aromatic rings. The van der Waals surface area contributed by atoms with Crippen LogP contribution in [0.1, 0.15) is 15.2 Å². The molecule has 0 radical (unpaired) electrons. The molecule has 3 rings (SSSR count). The van der Waals surface area contributed by atoms with Crippen molar-refractivity contribution in [2.45, 2.75) is 6.54 Å². The number of nitrogens with zero attached hydrogens (tertiary/aromatic N) is 1. The lowest BCUT2D eigenvalue weighted by Crippen LogP contribution is -2.28. The van der Waals surface area contributed by atoms with Gasteiger partial charge in [-0.15, -0.1) is 11.3 Å². The molecule has 2 heterocycles. The third kappa shape index (κ3) is 2.07. The van der Waals surface area contributed by atoms with Gasteiger partial charge in [0.05, 0.1) is 17.8 Å². The predicted octanol–water partition coefficient (Wildman–Crippen LogP) is 4.00. The number of carbonyl (C=O) groups excluding carboxylic acids is 2. The van der Waals surface area contributed by atoms with Crippen molar-refractivity contribution in [3.8, 4) is 0 Å². The first-order valence-electron chi connectivity index (χ1n) is 5.46. The van der Waals surface area contributed by atoms with Crippen LogP contribution in [0.5, 0.6) is 0 Å². The molecule has 0 fully saturated rings. The molecule has 1 aromatic carbocycles. The van der Waals surface area contributed by atoms with Crippen molar-refractivity contribution in [2.24, 2.45) is 0 Å². The molecule has 6 heteroatoms. The van der Waals surface area contributed by atoms with Gasteiger partial charge in [-0.25, -0.2) is 0 Å². The van der Waals surface area contributed by atoms with E-state index in [0.29, 0.717) is 22.3 Å². The van der Waals surface area contributed by atoms with E-state index in [1.807, 2.05) is 17.5 Å². The molecule has 0 spiro atoms. The SMILES string of the molecule is O=C1C(=O)N(Cc2sccc2Br)c2cccc(Br)c21. The number of thiophene rings is 1. The number of benzene rings is 1. The smallest absolute Gasteiger partial charge is 0.299 e. The molecule has 0 saturated heterocycles. The zero-order valence-electron chi connectivity index (χ0n) is 9.52. The van der Waals surface area contributed by atoms with Gasteiger partial charge in [-0.05, 0) is 55.4 Å². The van der Waals surface area contributed by atoms with E-state index in [9.17, 15) is 9.59 Å². The van der Waals surface area contributed by atoms with Crippen LogP contribution in [0.15, 0.2) is 38.6 Å². The molecule has 3 nitrogen and oxygen atoms in total. The maximum atomic E-state index is 12.1. The highest BCUT2D eigenvalue weighted by Crippen LogP contribution is 2.36. The molecular weight excluding hydrogens is 394 g/mol. The summed E-state index contributed by atoms with van der Waals surface area (Å²) in [6.07, 6.45) is 0. The number of hydrogen-bond donors (Lipinski definition) is 0. The molecule has 0 bridgehead atoms. The van der Waals surface area contributed by atoms with Crippen molar-refractivity contribution >= 4 is 60.6 Å². The van der Waals surface area contributed by atoms with E-state index < -0.39 is 11.7 Å². The number of fused-ring (bicyclic) bond motifs is 1. The van der Waals surface area contributed by atoms with E-state index in [1.54, 1.807) is 23.5 Å². The lowest BCUT2D eigenvalue weighted by atomic mass is 10.1. The highest BCUT2D eigenvalue weighted by molar-refractivity contribution is 9.10. The van der Waals surface area contributed by atoms with Crippen LogP contribution in [0, 0.1) is 0 Å². The van der Waals surface area contributed by atoms with Crippen LogP contribution in [0.4, 0.5) is 5.69 Å². The molecule has 0 aliphatic carbocycles. The molecule has 1 aliphatic rings. The van der Waals surface area contributed by atoms with Crippen LogP contribution in [-0.4, -0.2) is 11.7 Å². The van der Waals surface area contributed by atoms with Gasteiger partial charge < -0.3 is 0 Å². The average molecular weight is 401 g/mol. The fraction of sp³-hybridized carbons (Fsp3) is 0.0769. The van der Waals surface area contributed by atoms with Crippen LogP contribution >= 0.6 is 43.2 Å². The van der Waals surface area contributed by atoms with E-state index in [-0.39, 0.29) is 0 Å². The second-order valence-electron chi connectivity index (χ2n) is 4.05. The number of hydrogen-bond acceptors (Lipinski definition) is 3. The van der Waals surface area contributed by atoms with Gasteiger partial charge in [0.1, 0.15) is 0 Å². The molecule has 0 unspecified atom stereocenters. The first-order valence-corrected chi connectivity index (χ1v) is 7.92. The van der Waals surface area contributed by atoms with Crippen LogP contribution in [-0.2, 0) is 11.3 Å². The van der Waals surface area contributed by atoms with Crippen LogP contribution in [0.25, 0.3) is 0 Å².